The lowest BCUT2D eigenvalue weighted by atomic mass is 10.1. The summed E-state index contributed by atoms with van der Waals surface area (Å²) in [5.74, 6) is 1.88. The third-order valence-electron chi connectivity index (χ3n) is 5.79. The van der Waals surface area contributed by atoms with Crippen LogP contribution >= 0.6 is 11.8 Å². The van der Waals surface area contributed by atoms with Crippen molar-refractivity contribution >= 4 is 11.8 Å². The fraction of sp³-hybridized carbons (Fsp3) is 0.522. The first kappa shape index (κ1) is 22.0. The number of hydrogen-bond acceptors (Lipinski definition) is 6. The number of benzene rings is 1. The number of thioether (sulfide) groups is 1. The van der Waals surface area contributed by atoms with Crippen LogP contribution in [0.4, 0.5) is 0 Å². The van der Waals surface area contributed by atoms with Crippen LogP contribution in [0.15, 0.2) is 35.6 Å². The molecule has 31 heavy (non-hydrogen) atoms. The summed E-state index contributed by atoms with van der Waals surface area (Å²) >= 11 is 1.76. The van der Waals surface area contributed by atoms with Gasteiger partial charge in [-0.1, -0.05) is 36.0 Å². The maximum Gasteiger partial charge on any atom is 0.191 e. The number of nitrogens with zero attached hydrogens (tertiary/aromatic N) is 6. The minimum Gasteiger partial charge on any atom is -0.376 e. The molecule has 7 nitrogen and oxygen atoms in total. The van der Waals surface area contributed by atoms with Crippen LogP contribution in [0, 0.1) is 13.8 Å². The Kier molecular flexibility index (Phi) is 7.09. The molecule has 1 fully saturated rings. The second-order valence-electron chi connectivity index (χ2n) is 8.45. The van der Waals surface area contributed by atoms with Gasteiger partial charge in [-0.2, -0.15) is 5.10 Å². The number of aromatic nitrogens is 5. The molecule has 166 valence electrons. The summed E-state index contributed by atoms with van der Waals surface area (Å²) in [7, 11) is 4.09. The standard InChI is InChI=1S/C23H32N6OS/c1-17-8-5-6-9-19(17)16-31-23-25-24-22(29(23)14-21-10-7-11-30-21)15-27(3)12-20-13-28(4)26-18(20)2/h5-6,8-9,13,21H,7,10-12,14-16H2,1-4H3. The van der Waals surface area contributed by atoms with Gasteiger partial charge in [-0.25, -0.2) is 0 Å². The monoisotopic (exact) mass is 440 g/mol. The average molecular weight is 441 g/mol. The summed E-state index contributed by atoms with van der Waals surface area (Å²) in [5.41, 5.74) is 4.96. The van der Waals surface area contributed by atoms with E-state index >= 15 is 0 Å². The van der Waals surface area contributed by atoms with Crippen molar-refractivity contribution in [2.45, 2.75) is 63.3 Å². The highest BCUT2D eigenvalue weighted by molar-refractivity contribution is 7.98. The molecule has 3 aromatic rings. The predicted octanol–water partition coefficient (Wildman–Crippen LogP) is 3.73. The van der Waals surface area contributed by atoms with Crippen LogP contribution in [-0.4, -0.2) is 49.2 Å². The lowest BCUT2D eigenvalue weighted by Crippen LogP contribution is -2.23. The van der Waals surface area contributed by atoms with Crippen LogP contribution in [0.3, 0.4) is 0 Å². The highest BCUT2D eigenvalue weighted by Crippen LogP contribution is 2.26. The van der Waals surface area contributed by atoms with Crippen LogP contribution in [0.25, 0.3) is 0 Å². The molecule has 1 aliphatic rings. The third kappa shape index (κ3) is 5.56. The summed E-state index contributed by atoms with van der Waals surface area (Å²) in [6, 6.07) is 8.53. The van der Waals surface area contributed by atoms with E-state index in [1.165, 1.54) is 16.7 Å². The average Bonchev–Trinajstić information content (AvgIpc) is 3.45. The van der Waals surface area contributed by atoms with Crippen LogP contribution in [0.5, 0.6) is 0 Å². The van der Waals surface area contributed by atoms with Gasteiger partial charge in [0.25, 0.3) is 0 Å². The molecule has 1 aromatic carbocycles. The van der Waals surface area contributed by atoms with Crippen molar-refractivity contribution in [1.29, 1.82) is 0 Å². The Balaban J connectivity index is 1.49. The van der Waals surface area contributed by atoms with E-state index in [-0.39, 0.29) is 6.10 Å². The van der Waals surface area contributed by atoms with Gasteiger partial charge in [-0.3, -0.25) is 9.58 Å². The molecule has 8 heteroatoms. The number of ether oxygens (including phenoxy) is 1. The number of aryl methyl sites for hydroxylation is 3. The molecular formula is C23H32N6OS. The summed E-state index contributed by atoms with van der Waals surface area (Å²) < 4.78 is 10.1. The van der Waals surface area contributed by atoms with Gasteiger partial charge < -0.3 is 9.30 Å². The lowest BCUT2D eigenvalue weighted by Gasteiger charge is -2.19. The Morgan fingerprint density at radius 1 is 1.16 bits per heavy atom. The minimum atomic E-state index is 0.249. The number of rotatable bonds is 9. The first-order valence-corrected chi connectivity index (χ1v) is 11.9. The quantitative estimate of drug-likeness (QED) is 0.473. The molecular weight excluding hydrogens is 408 g/mol. The van der Waals surface area contributed by atoms with E-state index in [2.05, 4.69) is 76.1 Å². The third-order valence-corrected chi connectivity index (χ3v) is 6.80. The first-order chi connectivity index (χ1) is 15.0. The van der Waals surface area contributed by atoms with Crippen molar-refractivity contribution in [3.05, 3.63) is 58.7 Å². The molecule has 4 rings (SSSR count). The maximum absolute atomic E-state index is 5.93. The molecule has 0 N–H and O–H groups in total. The summed E-state index contributed by atoms with van der Waals surface area (Å²) in [6.07, 6.45) is 4.57. The Labute approximate surface area is 188 Å². The molecule has 1 saturated heterocycles. The smallest absolute Gasteiger partial charge is 0.191 e. The van der Waals surface area contributed by atoms with E-state index in [0.29, 0.717) is 0 Å². The van der Waals surface area contributed by atoms with Crippen LogP contribution in [-0.2, 0) is 37.2 Å². The van der Waals surface area contributed by atoms with E-state index in [0.717, 1.165) is 61.5 Å². The van der Waals surface area contributed by atoms with Gasteiger partial charge in [-0.15, -0.1) is 10.2 Å². The van der Waals surface area contributed by atoms with E-state index in [1.807, 2.05) is 11.7 Å². The Hall–Kier alpha value is -2.16. The SMILES string of the molecule is Cc1ccccc1CSc1nnc(CN(C)Cc2cn(C)nc2C)n1CC1CCCO1. The molecule has 2 aromatic heterocycles. The predicted molar refractivity (Wildman–Crippen MR) is 123 cm³/mol. The lowest BCUT2D eigenvalue weighted by molar-refractivity contribution is 0.0934. The zero-order valence-corrected chi connectivity index (χ0v) is 19.7. The van der Waals surface area contributed by atoms with Gasteiger partial charge in [0, 0.05) is 37.7 Å². The summed E-state index contributed by atoms with van der Waals surface area (Å²) in [6.45, 7) is 7.46. The van der Waals surface area contributed by atoms with Crippen molar-refractivity contribution in [1.82, 2.24) is 29.4 Å². The van der Waals surface area contributed by atoms with E-state index in [9.17, 15) is 0 Å². The molecule has 0 bridgehead atoms. The molecule has 0 saturated carbocycles. The first-order valence-electron chi connectivity index (χ1n) is 10.9. The Morgan fingerprint density at radius 3 is 2.71 bits per heavy atom. The van der Waals surface area contributed by atoms with Gasteiger partial charge in [0.1, 0.15) is 5.82 Å². The fourth-order valence-corrected chi connectivity index (χ4v) is 5.07. The topological polar surface area (TPSA) is 61.0 Å². The van der Waals surface area contributed by atoms with Crippen molar-refractivity contribution in [2.75, 3.05) is 13.7 Å². The summed E-state index contributed by atoms with van der Waals surface area (Å²) in [5, 5.41) is 14.6. The van der Waals surface area contributed by atoms with Gasteiger partial charge in [0.05, 0.1) is 24.9 Å². The van der Waals surface area contributed by atoms with Crippen LogP contribution in [0.1, 0.15) is 41.1 Å². The normalized spacial score (nSPS) is 16.5. The highest BCUT2D eigenvalue weighted by Gasteiger charge is 2.22. The second kappa shape index (κ2) is 9.97. The van der Waals surface area contributed by atoms with Gasteiger partial charge >= 0.3 is 0 Å². The maximum atomic E-state index is 5.93. The second-order valence-corrected chi connectivity index (χ2v) is 9.39. The number of hydrogen-bond donors (Lipinski definition) is 0. The molecule has 1 unspecified atom stereocenters. The van der Waals surface area contributed by atoms with Crippen molar-refractivity contribution in [3.8, 4) is 0 Å². The molecule has 0 amide bonds. The fourth-order valence-electron chi connectivity index (χ4n) is 4.02. The molecule has 0 radical (unpaired) electrons. The van der Waals surface area contributed by atoms with Gasteiger partial charge in [0.2, 0.25) is 0 Å². The van der Waals surface area contributed by atoms with Crippen LogP contribution < -0.4 is 0 Å². The highest BCUT2D eigenvalue weighted by atomic mass is 32.2. The zero-order chi connectivity index (χ0) is 21.8. The molecule has 1 atom stereocenters. The minimum absolute atomic E-state index is 0.249. The summed E-state index contributed by atoms with van der Waals surface area (Å²) in [4.78, 5) is 2.27. The van der Waals surface area contributed by atoms with E-state index in [4.69, 9.17) is 4.74 Å². The van der Waals surface area contributed by atoms with E-state index in [1.54, 1.807) is 11.8 Å². The largest absolute Gasteiger partial charge is 0.376 e. The van der Waals surface area contributed by atoms with Gasteiger partial charge in [-0.05, 0) is 44.9 Å². The zero-order valence-electron chi connectivity index (χ0n) is 18.9. The van der Waals surface area contributed by atoms with Crippen molar-refractivity contribution < 1.29 is 4.74 Å². The van der Waals surface area contributed by atoms with Crippen LogP contribution in [0.2, 0.25) is 0 Å². The molecule has 3 heterocycles. The van der Waals surface area contributed by atoms with Crippen molar-refractivity contribution in [3.63, 3.8) is 0 Å². The van der Waals surface area contributed by atoms with Crippen molar-refractivity contribution in [2.24, 2.45) is 7.05 Å². The Bertz CT molecular complexity index is 1010. The Morgan fingerprint density at radius 2 is 2.00 bits per heavy atom. The molecule has 0 spiro atoms. The van der Waals surface area contributed by atoms with E-state index < -0.39 is 0 Å². The molecule has 0 aliphatic carbocycles. The molecule has 1 aliphatic heterocycles. The van der Waals surface area contributed by atoms with Gasteiger partial charge in [0.15, 0.2) is 5.16 Å².